The molecule has 1 aromatic carbocycles. The molecule has 1 aromatic rings. The molecule has 1 aliphatic heterocycles. The SMILES string of the molecule is COc1c(O)ccc2c1CCNC2. The van der Waals surface area contributed by atoms with Gasteiger partial charge >= 0.3 is 0 Å². The van der Waals surface area contributed by atoms with Crippen molar-refractivity contribution in [3.05, 3.63) is 23.3 Å². The van der Waals surface area contributed by atoms with E-state index in [1.54, 1.807) is 13.2 Å². The molecule has 0 saturated carbocycles. The molecule has 0 spiro atoms. The van der Waals surface area contributed by atoms with E-state index in [0.717, 1.165) is 25.1 Å². The maximum absolute atomic E-state index is 9.52. The largest absolute Gasteiger partial charge is 0.504 e. The zero-order valence-corrected chi connectivity index (χ0v) is 7.63. The molecule has 2 rings (SSSR count). The molecule has 70 valence electrons. The maximum atomic E-state index is 9.52. The number of methoxy groups -OCH3 is 1. The topological polar surface area (TPSA) is 41.5 Å². The molecule has 0 saturated heterocycles. The number of ether oxygens (including phenoxy) is 1. The molecule has 0 unspecified atom stereocenters. The van der Waals surface area contributed by atoms with E-state index in [1.165, 1.54) is 5.56 Å². The molecule has 0 bridgehead atoms. The van der Waals surface area contributed by atoms with Crippen LogP contribution in [0.1, 0.15) is 11.1 Å². The van der Waals surface area contributed by atoms with E-state index in [1.807, 2.05) is 6.07 Å². The Morgan fingerprint density at radius 1 is 1.46 bits per heavy atom. The van der Waals surface area contributed by atoms with Crippen molar-refractivity contribution in [3.63, 3.8) is 0 Å². The lowest BCUT2D eigenvalue weighted by atomic mass is 9.99. The smallest absolute Gasteiger partial charge is 0.164 e. The van der Waals surface area contributed by atoms with Gasteiger partial charge in [0.2, 0.25) is 0 Å². The van der Waals surface area contributed by atoms with Crippen LogP contribution in [0.25, 0.3) is 0 Å². The second kappa shape index (κ2) is 3.26. The highest BCUT2D eigenvalue weighted by molar-refractivity contribution is 5.50. The first-order valence-electron chi connectivity index (χ1n) is 4.41. The van der Waals surface area contributed by atoms with Crippen LogP contribution in [0, 0.1) is 0 Å². The molecule has 3 heteroatoms. The van der Waals surface area contributed by atoms with Gasteiger partial charge in [0.1, 0.15) is 0 Å². The van der Waals surface area contributed by atoms with E-state index in [4.69, 9.17) is 4.74 Å². The summed E-state index contributed by atoms with van der Waals surface area (Å²) in [6.07, 6.45) is 0.924. The summed E-state index contributed by atoms with van der Waals surface area (Å²) >= 11 is 0. The molecule has 0 fully saturated rings. The number of hydrogen-bond donors (Lipinski definition) is 2. The van der Waals surface area contributed by atoms with Gasteiger partial charge in [-0.25, -0.2) is 0 Å². The maximum Gasteiger partial charge on any atom is 0.164 e. The number of phenols is 1. The number of fused-ring (bicyclic) bond motifs is 1. The molecule has 0 radical (unpaired) electrons. The Labute approximate surface area is 77.3 Å². The average Bonchev–Trinajstić information content (AvgIpc) is 2.18. The first-order valence-corrected chi connectivity index (χ1v) is 4.41. The summed E-state index contributed by atoms with van der Waals surface area (Å²) in [7, 11) is 1.59. The number of benzene rings is 1. The first kappa shape index (κ1) is 8.38. The standard InChI is InChI=1S/C10H13NO2/c1-13-10-8-4-5-11-6-7(8)2-3-9(10)12/h2-3,11-12H,4-6H2,1H3. The normalized spacial score (nSPS) is 15.2. The molecule has 3 nitrogen and oxygen atoms in total. The second-order valence-corrected chi connectivity index (χ2v) is 3.18. The van der Waals surface area contributed by atoms with E-state index in [-0.39, 0.29) is 5.75 Å². The van der Waals surface area contributed by atoms with Crippen molar-refractivity contribution in [2.24, 2.45) is 0 Å². The number of phenolic OH excluding ortho intramolecular Hbond substituents is 1. The van der Waals surface area contributed by atoms with E-state index in [0.29, 0.717) is 5.75 Å². The van der Waals surface area contributed by atoms with Crippen molar-refractivity contribution in [2.75, 3.05) is 13.7 Å². The Balaban J connectivity index is 2.52. The zero-order valence-electron chi connectivity index (χ0n) is 7.63. The fraction of sp³-hybridized carbons (Fsp3) is 0.400. The Bertz CT molecular complexity index is 323. The minimum absolute atomic E-state index is 0.239. The van der Waals surface area contributed by atoms with Gasteiger partial charge in [-0.1, -0.05) is 6.07 Å². The van der Waals surface area contributed by atoms with Gasteiger partial charge in [-0.3, -0.25) is 0 Å². The molecule has 0 atom stereocenters. The van der Waals surface area contributed by atoms with Crippen LogP contribution in [-0.2, 0) is 13.0 Å². The minimum atomic E-state index is 0.239. The lowest BCUT2D eigenvalue weighted by molar-refractivity contribution is 0.366. The summed E-state index contributed by atoms with van der Waals surface area (Å²) in [6, 6.07) is 3.63. The van der Waals surface area contributed by atoms with Gasteiger partial charge < -0.3 is 15.2 Å². The Morgan fingerprint density at radius 2 is 2.31 bits per heavy atom. The van der Waals surface area contributed by atoms with E-state index < -0.39 is 0 Å². The van der Waals surface area contributed by atoms with Crippen LogP contribution < -0.4 is 10.1 Å². The highest BCUT2D eigenvalue weighted by Crippen LogP contribution is 2.33. The molecule has 0 aliphatic carbocycles. The monoisotopic (exact) mass is 179 g/mol. The summed E-state index contributed by atoms with van der Waals surface area (Å²) in [5.41, 5.74) is 2.36. The predicted molar refractivity (Wildman–Crippen MR) is 50.1 cm³/mol. The number of nitrogens with one attached hydrogen (secondary N) is 1. The number of hydrogen-bond acceptors (Lipinski definition) is 3. The van der Waals surface area contributed by atoms with Crippen molar-refractivity contribution in [3.8, 4) is 11.5 Å². The van der Waals surface area contributed by atoms with Crippen molar-refractivity contribution < 1.29 is 9.84 Å². The molecular weight excluding hydrogens is 166 g/mol. The van der Waals surface area contributed by atoms with Crippen LogP contribution in [0.4, 0.5) is 0 Å². The Hall–Kier alpha value is -1.22. The summed E-state index contributed by atoms with van der Waals surface area (Å²) in [6.45, 7) is 1.82. The van der Waals surface area contributed by atoms with Crippen LogP contribution in [0.15, 0.2) is 12.1 Å². The number of aromatic hydroxyl groups is 1. The Morgan fingerprint density at radius 3 is 3.08 bits per heavy atom. The highest BCUT2D eigenvalue weighted by atomic mass is 16.5. The fourth-order valence-corrected chi connectivity index (χ4v) is 1.76. The van der Waals surface area contributed by atoms with Gasteiger partial charge in [0.15, 0.2) is 11.5 Å². The van der Waals surface area contributed by atoms with Crippen LogP contribution in [0.5, 0.6) is 11.5 Å². The molecule has 0 amide bonds. The highest BCUT2D eigenvalue weighted by Gasteiger charge is 2.15. The van der Waals surface area contributed by atoms with Gasteiger partial charge in [-0.2, -0.15) is 0 Å². The van der Waals surface area contributed by atoms with Crippen molar-refractivity contribution >= 4 is 0 Å². The van der Waals surface area contributed by atoms with Gasteiger partial charge in [0.05, 0.1) is 7.11 Å². The third-order valence-corrected chi connectivity index (χ3v) is 2.41. The first-order chi connectivity index (χ1) is 6.33. The van der Waals surface area contributed by atoms with E-state index >= 15 is 0 Å². The lowest BCUT2D eigenvalue weighted by Gasteiger charge is -2.20. The molecule has 1 heterocycles. The van der Waals surface area contributed by atoms with Crippen molar-refractivity contribution in [2.45, 2.75) is 13.0 Å². The quantitative estimate of drug-likeness (QED) is 0.677. The van der Waals surface area contributed by atoms with Gasteiger partial charge in [-0.05, 0) is 24.6 Å². The van der Waals surface area contributed by atoms with E-state index in [9.17, 15) is 5.11 Å². The summed E-state index contributed by atoms with van der Waals surface area (Å²) < 4.78 is 5.17. The van der Waals surface area contributed by atoms with Crippen LogP contribution in [-0.4, -0.2) is 18.8 Å². The lowest BCUT2D eigenvalue weighted by Crippen LogP contribution is -2.23. The molecular formula is C10H13NO2. The minimum Gasteiger partial charge on any atom is -0.504 e. The molecule has 0 aromatic heterocycles. The van der Waals surface area contributed by atoms with Gasteiger partial charge in [0.25, 0.3) is 0 Å². The predicted octanol–water partition coefficient (Wildman–Crippen LogP) is 1.05. The average molecular weight is 179 g/mol. The third-order valence-electron chi connectivity index (χ3n) is 2.41. The number of rotatable bonds is 1. The molecule has 2 N–H and O–H groups in total. The Kier molecular flexibility index (Phi) is 2.10. The zero-order chi connectivity index (χ0) is 9.26. The van der Waals surface area contributed by atoms with Crippen molar-refractivity contribution in [1.29, 1.82) is 0 Å². The van der Waals surface area contributed by atoms with Crippen molar-refractivity contribution in [1.82, 2.24) is 5.32 Å². The summed E-state index contributed by atoms with van der Waals surface area (Å²) in [5.74, 6) is 0.877. The third kappa shape index (κ3) is 1.35. The molecule has 13 heavy (non-hydrogen) atoms. The van der Waals surface area contributed by atoms with Gasteiger partial charge in [0, 0.05) is 12.1 Å². The van der Waals surface area contributed by atoms with Crippen LogP contribution >= 0.6 is 0 Å². The van der Waals surface area contributed by atoms with Gasteiger partial charge in [-0.15, -0.1) is 0 Å². The van der Waals surface area contributed by atoms with Crippen LogP contribution in [0.3, 0.4) is 0 Å². The van der Waals surface area contributed by atoms with Crippen LogP contribution in [0.2, 0.25) is 0 Å². The summed E-state index contributed by atoms with van der Waals surface area (Å²) in [5, 5.41) is 12.8. The summed E-state index contributed by atoms with van der Waals surface area (Å²) in [4.78, 5) is 0. The molecule has 1 aliphatic rings. The fourth-order valence-electron chi connectivity index (χ4n) is 1.76. The second-order valence-electron chi connectivity index (χ2n) is 3.18. The van der Waals surface area contributed by atoms with E-state index in [2.05, 4.69) is 5.32 Å².